The van der Waals surface area contributed by atoms with Gasteiger partial charge in [-0.25, -0.2) is 0 Å². The summed E-state index contributed by atoms with van der Waals surface area (Å²) in [7, 11) is 0. The zero-order valence-electron chi connectivity index (χ0n) is 11.1. The lowest BCUT2D eigenvalue weighted by Gasteiger charge is -2.35. The maximum atomic E-state index is 12.4. The quantitative estimate of drug-likeness (QED) is 0.921. The summed E-state index contributed by atoms with van der Waals surface area (Å²) in [6, 6.07) is 7.83. The maximum Gasteiger partial charge on any atom is 0.227 e. The number of piperidine rings is 1. The summed E-state index contributed by atoms with van der Waals surface area (Å²) >= 11 is 5.85. The lowest BCUT2D eigenvalue weighted by atomic mass is 9.98. The van der Waals surface area contributed by atoms with Crippen LogP contribution in [-0.4, -0.2) is 29.9 Å². The monoisotopic (exact) mass is 280 g/mol. The Morgan fingerprint density at radius 2 is 2.05 bits per heavy atom. The molecule has 1 fully saturated rings. The van der Waals surface area contributed by atoms with Crippen LogP contribution in [0.1, 0.15) is 31.2 Å². The number of amides is 1. The highest BCUT2D eigenvalue weighted by atomic mass is 35.5. The van der Waals surface area contributed by atoms with Gasteiger partial charge in [-0.1, -0.05) is 23.7 Å². The molecular weight excluding hydrogens is 260 g/mol. The van der Waals surface area contributed by atoms with Gasteiger partial charge < -0.3 is 10.6 Å². The molecule has 1 heterocycles. The summed E-state index contributed by atoms with van der Waals surface area (Å²) < 4.78 is 0. The molecule has 0 aromatic heterocycles. The number of hydrogen-bond donors (Lipinski definition) is 1. The zero-order chi connectivity index (χ0) is 13.7. The normalized spacial score (nSPS) is 19.5. The lowest BCUT2D eigenvalue weighted by Crippen LogP contribution is -2.45. The van der Waals surface area contributed by atoms with Crippen LogP contribution < -0.4 is 5.73 Å². The summed E-state index contributed by atoms with van der Waals surface area (Å²) in [5, 5.41) is 0.704. The molecule has 1 atom stereocenters. The van der Waals surface area contributed by atoms with Crippen molar-refractivity contribution in [1.29, 1.82) is 0 Å². The van der Waals surface area contributed by atoms with E-state index in [1.807, 2.05) is 29.2 Å². The standard InChI is InChI=1S/C15H21ClN2O/c16-13-6-4-12(5-7-13)11-15(19)18-10-2-1-3-14(18)8-9-17/h4-7,14H,1-3,8-11,17H2. The van der Waals surface area contributed by atoms with E-state index in [1.165, 1.54) is 6.42 Å². The van der Waals surface area contributed by atoms with E-state index >= 15 is 0 Å². The van der Waals surface area contributed by atoms with Crippen LogP contribution in [0, 0.1) is 0 Å². The minimum Gasteiger partial charge on any atom is -0.339 e. The summed E-state index contributed by atoms with van der Waals surface area (Å²) in [4.78, 5) is 14.4. The molecule has 104 valence electrons. The van der Waals surface area contributed by atoms with Gasteiger partial charge >= 0.3 is 0 Å². The van der Waals surface area contributed by atoms with E-state index in [-0.39, 0.29) is 5.91 Å². The fourth-order valence-electron chi connectivity index (χ4n) is 2.70. The molecule has 1 aliphatic heterocycles. The highest BCUT2D eigenvalue weighted by Crippen LogP contribution is 2.20. The Kier molecular flexibility index (Phi) is 5.23. The number of halogens is 1. The van der Waals surface area contributed by atoms with Crippen LogP contribution in [0.5, 0.6) is 0 Å². The average molecular weight is 281 g/mol. The van der Waals surface area contributed by atoms with E-state index in [2.05, 4.69) is 0 Å². The topological polar surface area (TPSA) is 46.3 Å². The van der Waals surface area contributed by atoms with Crippen LogP contribution in [0.2, 0.25) is 5.02 Å². The van der Waals surface area contributed by atoms with Gasteiger partial charge in [0.15, 0.2) is 0 Å². The minimum absolute atomic E-state index is 0.209. The highest BCUT2D eigenvalue weighted by Gasteiger charge is 2.25. The van der Waals surface area contributed by atoms with Crippen molar-refractivity contribution in [2.24, 2.45) is 5.73 Å². The van der Waals surface area contributed by atoms with E-state index in [0.29, 0.717) is 24.0 Å². The van der Waals surface area contributed by atoms with Crippen molar-refractivity contribution in [3.8, 4) is 0 Å². The third-order valence-electron chi connectivity index (χ3n) is 3.72. The van der Waals surface area contributed by atoms with Crippen LogP contribution in [0.15, 0.2) is 24.3 Å². The van der Waals surface area contributed by atoms with Gasteiger partial charge in [0, 0.05) is 17.6 Å². The number of nitrogens with two attached hydrogens (primary N) is 1. The summed E-state index contributed by atoms with van der Waals surface area (Å²) in [6.07, 6.45) is 4.76. The SMILES string of the molecule is NCCC1CCCCN1C(=O)Cc1ccc(Cl)cc1. The largest absolute Gasteiger partial charge is 0.339 e. The molecule has 1 aromatic rings. The molecule has 4 heteroatoms. The maximum absolute atomic E-state index is 12.4. The average Bonchev–Trinajstić information content (AvgIpc) is 2.42. The van der Waals surface area contributed by atoms with Gasteiger partial charge in [0.1, 0.15) is 0 Å². The Labute approximate surface area is 119 Å². The van der Waals surface area contributed by atoms with Crippen molar-refractivity contribution in [3.05, 3.63) is 34.9 Å². The summed E-state index contributed by atoms with van der Waals surface area (Å²) in [5.41, 5.74) is 6.66. The molecule has 2 N–H and O–H groups in total. The van der Waals surface area contributed by atoms with Gasteiger partial charge in [0.2, 0.25) is 5.91 Å². The molecule has 0 spiro atoms. The van der Waals surface area contributed by atoms with Crippen LogP contribution in [-0.2, 0) is 11.2 Å². The summed E-state index contributed by atoms with van der Waals surface area (Å²) in [5.74, 6) is 0.209. The Morgan fingerprint density at radius 3 is 2.74 bits per heavy atom. The van der Waals surface area contributed by atoms with E-state index in [9.17, 15) is 4.79 Å². The Bertz CT molecular complexity index is 417. The Hall–Kier alpha value is -1.06. The van der Waals surface area contributed by atoms with E-state index in [1.54, 1.807) is 0 Å². The van der Waals surface area contributed by atoms with E-state index in [4.69, 9.17) is 17.3 Å². The lowest BCUT2D eigenvalue weighted by molar-refractivity contribution is -0.134. The second-order valence-corrected chi connectivity index (χ2v) is 5.55. The number of benzene rings is 1. The highest BCUT2D eigenvalue weighted by molar-refractivity contribution is 6.30. The first kappa shape index (κ1) is 14.4. The van der Waals surface area contributed by atoms with Crippen molar-refractivity contribution in [1.82, 2.24) is 4.90 Å². The third-order valence-corrected chi connectivity index (χ3v) is 3.97. The molecule has 2 rings (SSSR count). The van der Waals surface area contributed by atoms with Gasteiger partial charge in [-0.15, -0.1) is 0 Å². The predicted octanol–water partition coefficient (Wildman–Crippen LogP) is 2.61. The first-order valence-electron chi connectivity index (χ1n) is 6.94. The molecule has 0 saturated carbocycles. The predicted molar refractivity (Wildman–Crippen MR) is 78.2 cm³/mol. The molecule has 0 radical (unpaired) electrons. The number of rotatable bonds is 4. The second-order valence-electron chi connectivity index (χ2n) is 5.12. The molecule has 1 unspecified atom stereocenters. The van der Waals surface area contributed by atoms with E-state index < -0.39 is 0 Å². The van der Waals surface area contributed by atoms with Crippen LogP contribution in [0.3, 0.4) is 0 Å². The third kappa shape index (κ3) is 3.95. The number of hydrogen-bond acceptors (Lipinski definition) is 2. The first-order chi connectivity index (χ1) is 9.20. The van der Waals surface area contributed by atoms with Crippen molar-refractivity contribution in [3.63, 3.8) is 0 Å². The molecule has 19 heavy (non-hydrogen) atoms. The fourth-order valence-corrected chi connectivity index (χ4v) is 2.83. The van der Waals surface area contributed by atoms with Gasteiger partial charge in [-0.05, 0) is 49.9 Å². The molecule has 3 nitrogen and oxygen atoms in total. The molecule has 0 aliphatic carbocycles. The Balaban J connectivity index is 1.99. The van der Waals surface area contributed by atoms with Gasteiger partial charge in [0.25, 0.3) is 0 Å². The van der Waals surface area contributed by atoms with Crippen molar-refractivity contribution >= 4 is 17.5 Å². The molecule has 0 bridgehead atoms. The zero-order valence-corrected chi connectivity index (χ0v) is 11.9. The Morgan fingerprint density at radius 1 is 1.32 bits per heavy atom. The number of likely N-dealkylation sites (tertiary alicyclic amines) is 1. The number of carbonyl (C=O) groups excluding carboxylic acids is 1. The molecule has 1 saturated heterocycles. The van der Waals surface area contributed by atoms with Crippen molar-refractivity contribution in [2.75, 3.05) is 13.1 Å². The number of carbonyl (C=O) groups is 1. The second kappa shape index (κ2) is 6.92. The smallest absolute Gasteiger partial charge is 0.227 e. The van der Waals surface area contributed by atoms with Crippen molar-refractivity contribution in [2.45, 2.75) is 38.1 Å². The van der Waals surface area contributed by atoms with Crippen molar-refractivity contribution < 1.29 is 4.79 Å². The van der Waals surface area contributed by atoms with Gasteiger partial charge in [0.05, 0.1) is 6.42 Å². The van der Waals surface area contributed by atoms with Crippen LogP contribution in [0.4, 0.5) is 0 Å². The van der Waals surface area contributed by atoms with Crippen LogP contribution in [0.25, 0.3) is 0 Å². The molecule has 1 amide bonds. The number of nitrogens with zero attached hydrogens (tertiary/aromatic N) is 1. The molecular formula is C15H21ClN2O. The summed E-state index contributed by atoms with van der Waals surface area (Å²) in [6.45, 7) is 1.52. The van der Waals surface area contributed by atoms with Crippen LogP contribution >= 0.6 is 11.6 Å². The van der Waals surface area contributed by atoms with Gasteiger partial charge in [-0.3, -0.25) is 4.79 Å². The fraction of sp³-hybridized carbons (Fsp3) is 0.533. The van der Waals surface area contributed by atoms with Gasteiger partial charge in [-0.2, -0.15) is 0 Å². The molecule has 1 aromatic carbocycles. The molecule has 1 aliphatic rings. The first-order valence-corrected chi connectivity index (χ1v) is 7.32. The van der Waals surface area contributed by atoms with E-state index in [0.717, 1.165) is 31.4 Å². The minimum atomic E-state index is 0.209.